The molecule has 0 N–H and O–H groups in total. The second kappa shape index (κ2) is 5.95. The van der Waals surface area contributed by atoms with Gasteiger partial charge < -0.3 is 4.74 Å². The summed E-state index contributed by atoms with van der Waals surface area (Å²) in [6.07, 6.45) is 7.21. The Balaban J connectivity index is 2.37. The number of rotatable bonds is 2. The van der Waals surface area contributed by atoms with Gasteiger partial charge in [-0.3, -0.25) is 4.79 Å². The zero-order valence-corrected chi connectivity index (χ0v) is 14.4. The molecule has 2 nitrogen and oxygen atoms in total. The first-order valence-electron chi connectivity index (χ1n) is 7.16. The van der Waals surface area contributed by atoms with Crippen molar-refractivity contribution >= 4 is 29.1 Å². The zero-order valence-electron chi connectivity index (χ0n) is 12.7. The summed E-state index contributed by atoms with van der Waals surface area (Å²) >= 11 is 6.09. The maximum absolute atomic E-state index is 11.4. The third-order valence-corrected chi connectivity index (χ3v) is 10.4. The van der Waals surface area contributed by atoms with Crippen molar-refractivity contribution in [2.24, 2.45) is 5.92 Å². The first kappa shape index (κ1) is 16.3. The predicted octanol–water partition coefficient (Wildman–Crippen LogP) is 3.15. The van der Waals surface area contributed by atoms with Gasteiger partial charge in [0.2, 0.25) is 0 Å². The molecule has 0 bridgehead atoms. The van der Waals surface area contributed by atoms with Gasteiger partial charge in [-0.15, -0.1) is 6.42 Å². The standard InChI is InChI=1S/C17H21O2PS/c1-5-17(19-15(4)18)11-14(3)20(21,12-13(17)2)16-9-7-6-8-10-16/h1,6-10,13-14H,11-12H2,2-4H3/t13-,14+,17-,20-/m0/s1. The minimum atomic E-state index is -1.70. The van der Waals surface area contributed by atoms with Crippen LogP contribution in [0.5, 0.6) is 0 Å². The third-order valence-electron chi connectivity index (χ3n) is 4.42. The third kappa shape index (κ3) is 2.93. The van der Waals surface area contributed by atoms with E-state index in [9.17, 15) is 4.79 Å². The summed E-state index contributed by atoms with van der Waals surface area (Å²) in [5, 5.41) is 1.26. The van der Waals surface area contributed by atoms with Crippen LogP contribution in [0.3, 0.4) is 0 Å². The molecule has 0 unspecified atom stereocenters. The second-order valence-electron chi connectivity index (χ2n) is 5.90. The van der Waals surface area contributed by atoms with E-state index in [4.69, 9.17) is 23.0 Å². The molecule has 4 heteroatoms. The molecule has 1 saturated heterocycles. The molecule has 2 rings (SSSR count). The number of hydrogen-bond donors (Lipinski definition) is 0. The molecule has 0 amide bonds. The fourth-order valence-electron chi connectivity index (χ4n) is 3.19. The molecule has 4 atom stereocenters. The van der Waals surface area contributed by atoms with E-state index >= 15 is 0 Å². The lowest BCUT2D eigenvalue weighted by molar-refractivity contribution is -0.155. The molecule has 0 spiro atoms. The predicted molar refractivity (Wildman–Crippen MR) is 91.8 cm³/mol. The van der Waals surface area contributed by atoms with Crippen molar-refractivity contribution in [1.29, 1.82) is 0 Å². The number of terminal acetylenes is 1. The molecular weight excluding hydrogens is 299 g/mol. The monoisotopic (exact) mass is 320 g/mol. The van der Waals surface area contributed by atoms with Crippen molar-refractivity contribution in [3.8, 4) is 12.3 Å². The van der Waals surface area contributed by atoms with Crippen molar-refractivity contribution in [3.05, 3.63) is 30.3 Å². The van der Waals surface area contributed by atoms with Gasteiger partial charge in [-0.05, 0) is 23.2 Å². The van der Waals surface area contributed by atoms with E-state index in [1.807, 2.05) is 18.2 Å². The van der Waals surface area contributed by atoms with Crippen molar-refractivity contribution in [2.75, 3.05) is 6.16 Å². The van der Waals surface area contributed by atoms with Gasteiger partial charge in [0.25, 0.3) is 0 Å². The van der Waals surface area contributed by atoms with Gasteiger partial charge in [0.15, 0.2) is 5.60 Å². The van der Waals surface area contributed by atoms with Gasteiger partial charge in [0.05, 0.1) is 0 Å². The van der Waals surface area contributed by atoms with Gasteiger partial charge in [0, 0.05) is 19.3 Å². The molecule has 1 heterocycles. The molecule has 1 aromatic rings. The van der Waals surface area contributed by atoms with E-state index in [1.165, 1.54) is 12.2 Å². The Kier molecular flexibility index (Phi) is 4.61. The highest BCUT2D eigenvalue weighted by Gasteiger charge is 2.49. The first-order valence-corrected chi connectivity index (χ1v) is 10.2. The summed E-state index contributed by atoms with van der Waals surface area (Å²) in [6, 6.07) is 8.63. The molecular formula is C17H21O2PS. The Morgan fingerprint density at radius 3 is 2.57 bits per heavy atom. The van der Waals surface area contributed by atoms with E-state index < -0.39 is 11.6 Å². The Bertz CT molecular complexity index is 619. The lowest BCUT2D eigenvalue weighted by Gasteiger charge is -2.46. The van der Waals surface area contributed by atoms with Gasteiger partial charge in [-0.25, -0.2) is 0 Å². The van der Waals surface area contributed by atoms with Crippen LogP contribution in [0.25, 0.3) is 0 Å². The number of esters is 1. The Hall–Kier alpha value is -1.10. The molecule has 0 aliphatic carbocycles. The highest BCUT2D eigenvalue weighted by Crippen LogP contribution is 2.59. The summed E-state index contributed by atoms with van der Waals surface area (Å²) in [5.41, 5.74) is -0.538. The van der Waals surface area contributed by atoms with Crippen LogP contribution in [0.2, 0.25) is 0 Å². The first-order chi connectivity index (χ1) is 9.84. The van der Waals surface area contributed by atoms with Crippen LogP contribution in [-0.2, 0) is 21.3 Å². The molecule has 1 aromatic carbocycles. The molecule has 1 fully saturated rings. The fraction of sp³-hybridized carbons (Fsp3) is 0.471. The average Bonchev–Trinajstić information content (AvgIpc) is 2.45. The lowest BCUT2D eigenvalue weighted by atomic mass is 9.85. The van der Waals surface area contributed by atoms with Crippen molar-refractivity contribution < 1.29 is 9.53 Å². The van der Waals surface area contributed by atoms with E-state index in [2.05, 4.69) is 31.9 Å². The van der Waals surface area contributed by atoms with Crippen molar-refractivity contribution in [1.82, 2.24) is 0 Å². The molecule has 1 aliphatic heterocycles. The number of benzene rings is 1. The number of hydrogen-bond acceptors (Lipinski definition) is 3. The Morgan fingerprint density at radius 2 is 2.05 bits per heavy atom. The maximum Gasteiger partial charge on any atom is 0.304 e. The van der Waals surface area contributed by atoms with Gasteiger partial charge in [-0.1, -0.05) is 61.9 Å². The van der Waals surface area contributed by atoms with E-state index in [-0.39, 0.29) is 17.5 Å². The van der Waals surface area contributed by atoms with Crippen LogP contribution in [-0.4, -0.2) is 23.4 Å². The van der Waals surface area contributed by atoms with Gasteiger partial charge in [-0.2, -0.15) is 0 Å². The summed E-state index contributed by atoms with van der Waals surface area (Å²) in [4.78, 5) is 11.4. The highest BCUT2D eigenvalue weighted by atomic mass is 32.4. The van der Waals surface area contributed by atoms with Crippen LogP contribution in [0.15, 0.2) is 30.3 Å². The normalized spacial score (nSPS) is 35.7. The molecule has 21 heavy (non-hydrogen) atoms. The molecule has 0 aromatic heterocycles. The fourth-order valence-corrected chi connectivity index (χ4v) is 7.88. The summed E-state index contributed by atoms with van der Waals surface area (Å²) in [5.74, 6) is 2.51. The molecule has 112 valence electrons. The number of carbonyl (C=O) groups is 1. The Morgan fingerprint density at radius 1 is 1.43 bits per heavy atom. The van der Waals surface area contributed by atoms with Gasteiger partial charge in [0.1, 0.15) is 0 Å². The minimum absolute atomic E-state index is 0.0774. The van der Waals surface area contributed by atoms with Crippen LogP contribution in [0, 0.1) is 18.3 Å². The zero-order chi connectivity index (χ0) is 15.7. The topological polar surface area (TPSA) is 26.3 Å². The quantitative estimate of drug-likeness (QED) is 0.476. The summed E-state index contributed by atoms with van der Waals surface area (Å²) in [7, 11) is 0. The second-order valence-corrected chi connectivity index (χ2v) is 11.2. The van der Waals surface area contributed by atoms with E-state index in [0.717, 1.165) is 6.16 Å². The average molecular weight is 320 g/mol. The molecule has 1 aliphatic rings. The number of ether oxygens (including phenoxy) is 1. The summed E-state index contributed by atoms with van der Waals surface area (Å²) < 4.78 is 5.54. The van der Waals surface area contributed by atoms with E-state index in [0.29, 0.717) is 6.42 Å². The largest absolute Gasteiger partial charge is 0.446 e. The van der Waals surface area contributed by atoms with Gasteiger partial charge >= 0.3 is 5.97 Å². The maximum atomic E-state index is 11.4. The molecule has 0 saturated carbocycles. The molecule has 0 radical (unpaired) electrons. The van der Waals surface area contributed by atoms with Crippen LogP contribution in [0.1, 0.15) is 27.2 Å². The van der Waals surface area contributed by atoms with Crippen LogP contribution >= 0.6 is 6.04 Å². The number of carbonyl (C=O) groups excluding carboxylic acids is 1. The van der Waals surface area contributed by atoms with Crippen LogP contribution in [0.4, 0.5) is 0 Å². The smallest absolute Gasteiger partial charge is 0.304 e. The van der Waals surface area contributed by atoms with Crippen molar-refractivity contribution in [2.45, 2.75) is 38.5 Å². The highest BCUT2D eigenvalue weighted by molar-refractivity contribution is 8.18. The lowest BCUT2D eigenvalue weighted by Crippen LogP contribution is -2.48. The summed E-state index contributed by atoms with van der Waals surface area (Å²) in [6.45, 7) is 5.62. The van der Waals surface area contributed by atoms with E-state index in [1.54, 1.807) is 0 Å². The van der Waals surface area contributed by atoms with Crippen molar-refractivity contribution in [3.63, 3.8) is 0 Å². The van der Waals surface area contributed by atoms with Crippen LogP contribution < -0.4 is 5.30 Å². The minimum Gasteiger partial charge on any atom is -0.446 e. The Labute approximate surface area is 132 Å². The SMILES string of the molecule is C#C[C@]1(OC(C)=O)C[C@@H](C)[P@](=S)(c2ccccc2)C[C@@H]1C.